The van der Waals surface area contributed by atoms with Crippen LogP contribution in [0.4, 0.5) is 0 Å². The van der Waals surface area contributed by atoms with Gasteiger partial charge in [-0.15, -0.1) is 0 Å². The summed E-state index contributed by atoms with van der Waals surface area (Å²) in [6.07, 6.45) is 6.57. The van der Waals surface area contributed by atoms with Crippen LogP contribution >= 0.6 is 0 Å². The Morgan fingerprint density at radius 2 is 1.91 bits per heavy atom. The second-order valence-electron chi connectivity index (χ2n) is 6.30. The summed E-state index contributed by atoms with van der Waals surface area (Å²) >= 11 is 0. The lowest BCUT2D eigenvalue weighted by Crippen LogP contribution is -2.53. The molecule has 3 fully saturated rings. The molecule has 126 valence electrons. The molecule has 22 heavy (non-hydrogen) atoms. The summed E-state index contributed by atoms with van der Waals surface area (Å²) in [5.74, 6) is 0.976. The van der Waals surface area contributed by atoms with E-state index in [9.17, 15) is 0 Å². The van der Waals surface area contributed by atoms with Crippen molar-refractivity contribution in [2.75, 3.05) is 46.5 Å². The SMILES string of the molecule is CN=C(NCCC1CCCO1)N1CCOC(C2CCCO2)C1. The molecule has 0 spiro atoms. The van der Waals surface area contributed by atoms with Crippen molar-refractivity contribution in [3.8, 4) is 0 Å². The lowest BCUT2D eigenvalue weighted by Gasteiger charge is -2.37. The Hall–Kier alpha value is -0.850. The molecule has 3 aliphatic heterocycles. The van der Waals surface area contributed by atoms with E-state index in [0.717, 1.165) is 64.7 Å². The highest BCUT2D eigenvalue weighted by Gasteiger charge is 2.32. The zero-order valence-corrected chi connectivity index (χ0v) is 13.6. The van der Waals surface area contributed by atoms with Crippen molar-refractivity contribution in [3.63, 3.8) is 0 Å². The molecule has 6 nitrogen and oxygen atoms in total. The standard InChI is InChI=1S/C16H29N3O3/c1-17-16(18-7-6-13-4-2-9-20-13)19-8-11-22-15(12-19)14-5-3-10-21-14/h13-15H,2-12H2,1H3,(H,17,18). The van der Waals surface area contributed by atoms with E-state index >= 15 is 0 Å². The van der Waals surface area contributed by atoms with E-state index in [1.165, 1.54) is 12.8 Å². The Morgan fingerprint density at radius 1 is 1.09 bits per heavy atom. The van der Waals surface area contributed by atoms with Gasteiger partial charge in [-0.2, -0.15) is 0 Å². The number of morpholine rings is 1. The summed E-state index contributed by atoms with van der Waals surface area (Å²) in [6.45, 7) is 5.22. The second kappa shape index (κ2) is 8.13. The van der Waals surface area contributed by atoms with Crippen molar-refractivity contribution < 1.29 is 14.2 Å². The van der Waals surface area contributed by atoms with Gasteiger partial charge in [0.1, 0.15) is 6.10 Å². The summed E-state index contributed by atoms with van der Waals surface area (Å²) < 4.78 is 17.3. The number of aliphatic imine (C=N–C) groups is 1. The van der Waals surface area contributed by atoms with E-state index in [1.807, 2.05) is 7.05 Å². The number of hydrogen-bond donors (Lipinski definition) is 1. The first kappa shape index (κ1) is 16.0. The van der Waals surface area contributed by atoms with Crippen LogP contribution in [0.5, 0.6) is 0 Å². The van der Waals surface area contributed by atoms with Gasteiger partial charge in [0.05, 0.1) is 18.8 Å². The van der Waals surface area contributed by atoms with Crippen LogP contribution in [0.25, 0.3) is 0 Å². The molecule has 3 rings (SSSR count). The van der Waals surface area contributed by atoms with Crippen LogP contribution in [0.15, 0.2) is 4.99 Å². The first-order chi connectivity index (χ1) is 10.9. The van der Waals surface area contributed by atoms with Crippen LogP contribution < -0.4 is 5.32 Å². The van der Waals surface area contributed by atoms with Crippen LogP contribution in [-0.2, 0) is 14.2 Å². The van der Waals surface area contributed by atoms with Gasteiger partial charge in [0.2, 0.25) is 0 Å². The summed E-state index contributed by atoms with van der Waals surface area (Å²) in [5.41, 5.74) is 0. The molecule has 0 bridgehead atoms. The minimum atomic E-state index is 0.174. The van der Waals surface area contributed by atoms with Crippen molar-refractivity contribution in [2.24, 2.45) is 4.99 Å². The lowest BCUT2D eigenvalue weighted by molar-refractivity contribution is -0.0817. The molecule has 0 aliphatic carbocycles. The van der Waals surface area contributed by atoms with E-state index in [2.05, 4.69) is 15.2 Å². The third-order valence-corrected chi connectivity index (χ3v) is 4.76. The topological polar surface area (TPSA) is 55.3 Å². The molecule has 0 aromatic carbocycles. The Bertz CT molecular complexity index is 366. The minimum absolute atomic E-state index is 0.174. The van der Waals surface area contributed by atoms with Gasteiger partial charge in [0.25, 0.3) is 0 Å². The highest BCUT2D eigenvalue weighted by molar-refractivity contribution is 5.80. The summed E-state index contributed by atoms with van der Waals surface area (Å²) in [5, 5.41) is 3.48. The minimum Gasteiger partial charge on any atom is -0.378 e. The molecule has 3 unspecified atom stereocenters. The van der Waals surface area contributed by atoms with Gasteiger partial charge >= 0.3 is 0 Å². The maximum absolute atomic E-state index is 5.90. The average Bonchev–Trinajstić information content (AvgIpc) is 3.25. The number of guanidine groups is 1. The predicted octanol–water partition coefficient (Wildman–Crippen LogP) is 1.01. The van der Waals surface area contributed by atoms with Gasteiger partial charge < -0.3 is 24.4 Å². The molecule has 6 heteroatoms. The summed E-state index contributed by atoms with van der Waals surface area (Å²) in [6, 6.07) is 0. The largest absolute Gasteiger partial charge is 0.378 e. The molecular weight excluding hydrogens is 282 g/mol. The number of nitrogens with zero attached hydrogens (tertiary/aromatic N) is 2. The van der Waals surface area contributed by atoms with Gasteiger partial charge in [-0.25, -0.2) is 0 Å². The second-order valence-corrected chi connectivity index (χ2v) is 6.30. The fourth-order valence-electron chi connectivity index (χ4n) is 3.54. The maximum Gasteiger partial charge on any atom is 0.193 e. The number of hydrogen-bond acceptors (Lipinski definition) is 4. The van der Waals surface area contributed by atoms with Crippen molar-refractivity contribution in [3.05, 3.63) is 0 Å². The highest BCUT2D eigenvalue weighted by atomic mass is 16.5. The maximum atomic E-state index is 5.90. The fourth-order valence-corrected chi connectivity index (χ4v) is 3.54. The lowest BCUT2D eigenvalue weighted by atomic mass is 10.1. The van der Waals surface area contributed by atoms with Gasteiger partial charge in [-0.3, -0.25) is 4.99 Å². The molecule has 1 N–H and O–H groups in total. The number of ether oxygens (including phenoxy) is 3. The molecular formula is C16H29N3O3. The molecule has 3 saturated heterocycles. The van der Waals surface area contributed by atoms with Crippen LogP contribution in [0.2, 0.25) is 0 Å². The van der Waals surface area contributed by atoms with Crippen molar-refractivity contribution in [1.29, 1.82) is 0 Å². The molecule has 0 amide bonds. The molecule has 0 saturated carbocycles. The zero-order valence-electron chi connectivity index (χ0n) is 13.6. The summed E-state index contributed by atoms with van der Waals surface area (Å²) in [4.78, 5) is 6.73. The molecule has 0 aromatic heterocycles. The number of nitrogens with one attached hydrogen (secondary N) is 1. The predicted molar refractivity (Wildman–Crippen MR) is 85.2 cm³/mol. The Morgan fingerprint density at radius 3 is 2.64 bits per heavy atom. The Kier molecular flexibility index (Phi) is 5.92. The summed E-state index contributed by atoms with van der Waals surface area (Å²) in [7, 11) is 1.85. The quantitative estimate of drug-likeness (QED) is 0.620. The third-order valence-electron chi connectivity index (χ3n) is 4.76. The van der Waals surface area contributed by atoms with Crippen LogP contribution in [0, 0.1) is 0 Å². The van der Waals surface area contributed by atoms with Gasteiger partial charge in [-0.1, -0.05) is 0 Å². The van der Waals surface area contributed by atoms with Crippen LogP contribution in [-0.4, -0.2) is 75.7 Å². The molecule has 3 aliphatic rings. The molecule has 0 radical (unpaired) electrons. The van der Waals surface area contributed by atoms with E-state index < -0.39 is 0 Å². The smallest absolute Gasteiger partial charge is 0.193 e. The monoisotopic (exact) mass is 311 g/mol. The first-order valence-electron chi connectivity index (χ1n) is 8.67. The van der Waals surface area contributed by atoms with Crippen LogP contribution in [0.3, 0.4) is 0 Å². The van der Waals surface area contributed by atoms with E-state index in [4.69, 9.17) is 14.2 Å². The number of rotatable bonds is 4. The average molecular weight is 311 g/mol. The fraction of sp³-hybridized carbons (Fsp3) is 0.938. The molecule has 3 atom stereocenters. The third kappa shape index (κ3) is 4.12. The van der Waals surface area contributed by atoms with Gasteiger partial charge in [-0.05, 0) is 32.1 Å². The Balaban J connectivity index is 1.45. The van der Waals surface area contributed by atoms with E-state index in [0.29, 0.717) is 6.10 Å². The highest BCUT2D eigenvalue weighted by Crippen LogP contribution is 2.21. The van der Waals surface area contributed by atoms with E-state index in [-0.39, 0.29) is 12.2 Å². The Labute approximate surface area is 133 Å². The normalized spacial score (nSPS) is 33.4. The van der Waals surface area contributed by atoms with Gasteiger partial charge in [0, 0.05) is 39.9 Å². The first-order valence-corrected chi connectivity index (χ1v) is 8.67. The van der Waals surface area contributed by atoms with Crippen molar-refractivity contribution >= 4 is 5.96 Å². The van der Waals surface area contributed by atoms with Crippen molar-refractivity contribution in [2.45, 2.75) is 50.4 Å². The van der Waals surface area contributed by atoms with Gasteiger partial charge in [0.15, 0.2) is 5.96 Å². The van der Waals surface area contributed by atoms with E-state index in [1.54, 1.807) is 0 Å². The molecule has 0 aromatic rings. The van der Waals surface area contributed by atoms with Crippen LogP contribution in [0.1, 0.15) is 32.1 Å². The van der Waals surface area contributed by atoms with Crippen molar-refractivity contribution in [1.82, 2.24) is 10.2 Å². The molecule has 3 heterocycles. The zero-order chi connectivity index (χ0) is 15.2.